The largest absolute Gasteiger partial charge is 0.480 e. The van der Waals surface area contributed by atoms with Crippen molar-refractivity contribution in [3.05, 3.63) is 0 Å². The fourth-order valence-electron chi connectivity index (χ4n) is 3.49. The summed E-state index contributed by atoms with van der Waals surface area (Å²) in [6, 6.07) is -1.12. The minimum Gasteiger partial charge on any atom is -0.480 e. The van der Waals surface area contributed by atoms with Crippen LogP contribution in [-0.4, -0.2) is 46.0 Å². The molecule has 2 fully saturated rings. The average Bonchev–Trinajstić information content (AvgIpc) is 2.87. The van der Waals surface area contributed by atoms with Gasteiger partial charge in [-0.3, -0.25) is 4.79 Å². The van der Waals surface area contributed by atoms with Gasteiger partial charge in [-0.1, -0.05) is 19.8 Å². The van der Waals surface area contributed by atoms with Gasteiger partial charge >= 0.3 is 12.0 Å². The number of nitrogens with zero attached hydrogens (tertiary/aromatic N) is 1. The second kappa shape index (κ2) is 5.91. The van der Waals surface area contributed by atoms with E-state index in [-0.39, 0.29) is 5.92 Å². The number of carbonyl (C=O) groups excluding carboxylic acids is 2. The summed E-state index contributed by atoms with van der Waals surface area (Å²) < 4.78 is 0. The molecule has 1 heterocycles. The summed E-state index contributed by atoms with van der Waals surface area (Å²) in [4.78, 5) is 36.8. The minimum absolute atomic E-state index is 0.251. The van der Waals surface area contributed by atoms with Gasteiger partial charge in [0.05, 0.1) is 0 Å². The van der Waals surface area contributed by atoms with E-state index in [1.165, 1.54) is 4.90 Å². The molecule has 1 saturated heterocycles. The Hall–Kier alpha value is -1.79. The normalized spacial score (nSPS) is 32.7. The van der Waals surface area contributed by atoms with Crippen LogP contribution in [0.2, 0.25) is 0 Å². The molecule has 0 aromatic carbocycles. The van der Waals surface area contributed by atoms with E-state index in [2.05, 4.69) is 5.32 Å². The van der Waals surface area contributed by atoms with E-state index < -0.39 is 29.5 Å². The lowest BCUT2D eigenvalue weighted by Gasteiger charge is -2.38. The quantitative estimate of drug-likeness (QED) is 0.711. The molecule has 7 heteroatoms. The van der Waals surface area contributed by atoms with Crippen LogP contribution in [0.4, 0.5) is 4.79 Å². The predicted octanol–water partition coefficient (Wildman–Crippen LogP) is 0.679. The Morgan fingerprint density at radius 3 is 2.57 bits per heavy atom. The maximum atomic E-state index is 12.4. The maximum Gasteiger partial charge on any atom is 0.329 e. The van der Waals surface area contributed by atoms with Crippen molar-refractivity contribution in [3.63, 3.8) is 0 Å². The lowest BCUT2D eigenvalue weighted by molar-refractivity contribution is -0.146. The van der Waals surface area contributed by atoms with Crippen molar-refractivity contribution in [2.75, 3.05) is 6.54 Å². The fourth-order valence-corrected chi connectivity index (χ4v) is 3.49. The average molecular weight is 297 g/mol. The van der Waals surface area contributed by atoms with Crippen LogP contribution in [0.1, 0.15) is 45.4 Å². The van der Waals surface area contributed by atoms with Crippen LogP contribution in [-0.2, 0) is 9.59 Å². The Balaban J connectivity index is 2.12. The summed E-state index contributed by atoms with van der Waals surface area (Å²) >= 11 is 0. The highest BCUT2D eigenvalue weighted by Crippen LogP contribution is 2.33. The van der Waals surface area contributed by atoms with Gasteiger partial charge in [0.25, 0.3) is 0 Å². The van der Waals surface area contributed by atoms with Gasteiger partial charge in [0.1, 0.15) is 11.6 Å². The summed E-state index contributed by atoms with van der Waals surface area (Å²) in [5.74, 6) is -1.29. The number of aliphatic carboxylic acids is 1. The number of amides is 3. The molecule has 3 atom stereocenters. The highest BCUT2D eigenvalue weighted by Gasteiger charge is 2.45. The SMILES string of the molecule is CC1CCCC(NC(=O)N2CCCC2C(N)=O)(C(=O)O)C1. The second-order valence-corrected chi connectivity index (χ2v) is 6.27. The first-order valence-electron chi connectivity index (χ1n) is 7.47. The van der Waals surface area contributed by atoms with Crippen LogP contribution in [0.25, 0.3) is 0 Å². The molecule has 7 nitrogen and oxygen atoms in total. The zero-order valence-corrected chi connectivity index (χ0v) is 12.3. The molecule has 0 aromatic rings. The molecule has 1 aliphatic carbocycles. The van der Waals surface area contributed by atoms with Gasteiger partial charge in [0.15, 0.2) is 0 Å². The van der Waals surface area contributed by atoms with Crippen molar-refractivity contribution < 1.29 is 19.5 Å². The summed E-state index contributed by atoms with van der Waals surface area (Å²) in [7, 11) is 0. The second-order valence-electron chi connectivity index (χ2n) is 6.27. The third-order valence-corrected chi connectivity index (χ3v) is 4.60. The molecule has 118 valence electrons. The molecular formula is C14H23N3O4. The van der Waals surface area contributed by atoms with Crippen molar-refractivity contribution in [2.45, 2.75) is 57.0 Å². The number of nitrogens with two attached hydrogens (primary N) is 1. The first-order chi connectivity index (χ1) is 9.85. The van der Waals surface area contributed by atoms with Gasteiger partial charge < -0.3 is 21.1 Å². The van der Waals surface area contributed by atoms with Gasteiger partial charge in [-0.15, -0.1) is 0 Å². The molecule has 0 spiro atoms. The van der Waals surface area contributed by atoms with Crippen molar-refractivity contribution in [1.29, 1.82) is 0 Å². The monoisotopic (exact) mass is 297 g/mol. The molecular weight excluding hydrogens is 274 g/mol. The van der Waals surface area contributed by atoms with Crippen LogP contribution in [0.15, 0.2) is 0 Å². The number of likely N-dealkylation sites (tertiary alicyclic amines) is 1. The van der Waals surface area contributed by atoms with E-state index in [9.17, 15) is 19.5 Å². The number of carbonyl (C=O) groups is 3. The molecule has 4 N–H and O–H groups in total. The Morgan fingerprint density at radius 1 is 1.29 bits per heavy atom. The number of primary amides is 1. The van der Waals surface area contributed by atoms with Gasteiger partial charge in [-0.25, -0.2) is 9.59 Å². The number of carboxylic acid groups (broad SMARTS) is 1. The molecule has 3 unspecified atom stereocenters. The lowest BCUT2D eigenvalue weighted by atomic mass is 9.76. The highest BCUT2D eigenvalue weighted by molar-refractivity contribution is 5.90. The summed E-state index contributed by atoms with van der Waals surface area (Å²) in [5.41, 5.74) is 4.07. The van der Waals surface area contributed by atoms with Crippen LogP contribution < -0.4 is 11.1 Å². The number of hydrogen-bond donors (Lipinski definition) is 3. The lowest BCUT2D eigenvalue weighted by Crippen LogP contribution is -2.61. The maximum absolute atomic E-state index is 12.4. The van der Waals surface area contributed by atoms with Crippen molar-refractivity contribution >= 4 is 17.9 Å². The first-order valence-corrected chi connectivity index (χ1v) is 7.47. The Bertz CT molecular complexity index is 454. The Labute approximate surface area is 123 Å². The van der Waals surface area contributed by atoms with Gasteiger partial charge in [0, 0.05) is 6.54 Å². The Morgan fingerprint density at radius 2 is 2.00 bits per heavy atom. The summed E-state index contributed by atoms with van der Waals surface area (Å²) in [6.45, 7) is 2.43. The predicted molar refractivity (Wildman–Crippen MR) is 75.5 cm³/mol. The molecule has 0 radical (unpaired) electrons. The van der Waals surface area contributed by atoms with E-state index in [0.29, 0.717) is 32.2 Å². The molecule has 1 aliphatic heterocycles. The van der Waals surface area contributed by atoms with Crippen LogP contribution in [0.5, 0.6) is 0 Å². The third kappa shape index (κ3) is 3.11. The van der Waals surface area contributed by atoms with Crippen LogP contribution in [0, 0.1) is 5.92 Å². The zero-order valence-electron chi connectivity index (χ0n) is 12.3. The number of nitrogens with one attached hydrogen (secondary N) is 1. The van der Waals surface area contributed by atoms with E-state index >= 15 is 0 Å². The smallest absolute Gasteiger partial charge is 0.329 e. The zero-order chi connectivity index (χ0) is 15.6. The Kier molecular flexibility index (Phi) is 4.39. The van der Waals surface area contributed by atoms with E-state index in [0.717, 1.165) is 12.8 Å². The number of carboxylic acids is 1. The topological polar surface area (TPSA) is 113 Å². The minimum atomic E-state index is -1.22. The standard InChI is InChI=1S/C14H23N3O4/c1-9-4-2-6-14(8-9,12(19)20)16-13(21)17-7-3-5-10(17)11(15)18/h9-10H,2-8H2,1H3,(H2,15,18)(H,16,21)(H,19,20). The third-order valence-electron chi connectivity index (χ3n) is 4.60. The number of rotatable bonds is 3. The van der Waals surface area contributed by atoms with Crippen molar-refractivity contribution in [1.82, 2.24) is 10.2 Å². The number of urea groups is 1. The molecule has 21 heavy (non-hydrogen) atoms. The van der Waals surface area contributed by atoms with Crippen molar-refractivity contribution in [2.24, 2.45) is 11.7 Å². The number of hydrogen-bond acceptors (Lipinski definition) is 3. The molecule has 0 aromatic heterocycles. The van der Waals surface area contributed by atoms with E-state index in [4.69, 9.17) is 5.73 Å². The molecule has 2 aliphatic rings. The first kappa shape index (κ1) is 15.6. The summed E-state index contributed by atoms with van der Waals surface area (Å²) in [5, 5.41) is 12.2. The van der Waals surface area contributed by atoms with E-state index in [1.807, 2.05) is 6.92 Å². The molecule has 3 amide bonds. The molecule has 2 rings (SSSR count). The van der Waals surface area contributed by atoms with Crippen molar-refractivity contribution in [3.8, 4) is 0 Å². The van der Waals surface area contributed by atoms with Crippen LogP contribution in [0.3, 0.4) is 0 Å². The van der Waals surface area contributed by atoms with Crippen LogP contribution >= 0.6 is 0 Å². The van der Waals surface area contributed by atoms with Gasteiger partial charge in [-0.05, 0) is 31.6 Å². The molecule has 1 saturated carbocycles. The van der Waals surface area contributed by atoms with Gasteiger partial charge in [-0.2, -0.15) is 0 Å². The highest BCUT2D eigenvalue weighted by atomic mass is 16.4. The summed E-state index contributed by atoms with van der Waals surface area (Å²) in [6.07, 6.45) is 3.83. The fraction of sp³-hybridized carbons (Fsp3) is 0.786. The van der Waals surface area contributed by atoms with E-state index in [1.54, 1.807) is 0 Å². The van der Waals surface area contributed by atoms with Gasteiger partial charge in [0.2, 0.25) is 5.91 Å². The molecule has 0 bridgehead atoms.